The van der Waals surface area contributed by atoms with Crippen LogP contribution in [0.2, 0.25) is 0 Å². The Hall–Kier alpha value is -1.21. The van der Waals surface area contributed by atoms with Gasteiger partial charge in [0.15, 0.2) is 0 Å². The van der Waals surface area contributed by atoms with Crippen molar-refractivity contribution in [3.05, 3.63) is 24.3 Å². The molecule has 1 heterocycles. The van der Waals surface area contributed by atoms with Gasteiger partial charge >= 0.3 is 5.76 Å². The van der Waals surface area contributed by atoms with Crippen LogP contribution in [-0.4, -0.2) is 33.8 Å². The molecule has 1 unspecified atom stereocenters. The highest BCUT2D eigenvalue weighted by molar-refractivity contribution is 7.91. The monoisotopic (exact) mass is 290 g/mol. The van der Waals surface area contributed by atoms with Crippen LogP contribution in [0.3, 0.4) is 0 Å². The van der Waals surface area contributed by atoms with Crippen LogP contribution in [-0.2, 0) is 9.84 Å². The molecule has 2 N–H and O–H groups in total. The SMILES string of the molecule is NCC1CCN(c2ccccc2S(=O)(=O)C(F)F)C1. The fourth-order valence-electron chi connectivity index (χ4n) is 2.30. The molecular formula is C12H16F2N2O2S. The first-order valence-electron chi connectivity index (χ1n) is 6.03. The van der Waals surface area contributed by atoms with Gasteiger partial charge in [-0.1, -0.05) is 12.1 Å². The van der Waals surface area contributed by atoms with Gasteiger partial charge in [0.1, 0.15) is 0 Å². The van der Waals surface area contributed by atoms with E-state index in [0.717, 1.165) is 6.42 Å². The molecule has 0 radical (unpaired) electrons. The van der Waals surface area contributed by atoms with Gasteiger partial charge in [-0.15, -0.1) is 0 Å². The van der Waals surface area contributed by atoms with Crippen molar-refractivity contribution in [2.24, 2.45) is 11.7 Å². The van der Waals surface area contributed by atoms with E-state index in [1.54, 1.807) is 12.1 Å². The van der Waals surface area contributed by atoms with Gasteiger partial charge in [0.05, 0.1) is 10.6 Å². The molecule has 7 heteroatoms. The minimum absolute atomic E-state index is 0.280. The maximum Gasteiger partial charge on any atom is 0.341 e. The van der Waals surface area contributed by atoms with Crippen molar-refractivity contribution >= 4 is 15.5 Å². The van der Waals surface area contributed by atoms with Gasteiger partial charge in [-0.05, 0) is 31.0 Å². The Morgan fingerprint density at radius 2 is 2.05 bits per heavy atom. The van der Waals surface area contributed by atoms with Gasteiger partial charge in [-0.3, -0.25) is 0 Å². The third-order valence-electron chi connectivity index (χ3n) is 3.37. The second-order valence-electron chi connectivity index (χ2n) is 4.61. The molecule has 4 nitrogen and oxygen atoms in total. The number of nitrogens with zero attached hydrogens (tertiary/aromatic N) is 1. The van der Waals surface area contributed by atoms with Crippen LogP contribution in [0.1, 0.15) is 6.42 Å². The number of hydrogen-bond donors (Lipinski definition) is 1. The molecule has 1 aliphatic rings. The van der Waals surface area contributed by atoms with Crippen LogP contribution in [0.25, 0.3) is 0 Å². The maximum atomic E-state index is 12.7. The van der Waals surface area contributed by atoms with E-state index in [1.807, 2.05) is 4.90 Å². The molecule has 1 saturated heterocycles. The molecule has 2 rings (SSSR count). The third-order valence-corrected chi connectivity index (χ3v) is 4.79. The number of hydrogen-bond acceptors (Lipinski definition) is 4. The average molecular weight is 290 g/mol. The summed E-state index contributed by atoms with van der Waals surface area (Å²) in [6.45, 7) is 1.75. The van der Waals surface area contributed by atoms with Crippen LogP contribution < -0.4 is 10.6 Å². The predicted molar refractivity (Wildman–Crippen MR) is 69.0 cm³/mol. The minimum Gasteiger partial charge on any atom is -0.370 e. The number of para-hydroxylation sites is 1. The van der Waals surface area contributed by atoms with E-state index >= 15 is 0 Å². The van der Waals surface area contributed by atoms with Gasteiger partial charge in [-0.25, -0.2) is 8.42 Å². The lowest BCUT2D eigenvalue weighted by Crippen LogP contribution is -2.25. The lowest BCUT2D eigenvalue weighted by molar-refractivity contribution is 0.235. The summed E-state index contributed by atoms with van der Waals surface area (Å²) in [5.41, 5.74) is 5.93. The first-order chi connectivity index (χ1) is 8.96. The van der Waals surface area contributed by atoms with Gasteiger partial charge in [0.25, 0.3) is 0 Å². The molecule has 0 bridgehead atoms. The van der Waals surface area contributed by atoms with Crippen molar-refractivity contribution in [1.29, 1.82) is 0 Å². The largest absolute Gasteiger partial charge is 0.370 e. The minimum atomic E-state index is -4.58. The Morgan fingerprint density at radius 1 is 1.37 bits per heavy atom. The molecule has 0 spiro atoms. The summed E-state index contributed by atoms with van der Waals surface area (Å²) in [5.74, 6) is -3.12. The van der Waals surface area contributed by atoms with E-state index in [0.29, 0.717) is 25.3 Å². The summed E-state index contributed by atoms with van der Waals surface area (Å²) in [7, 11) is -4.58. The summed E-state index contributed by atoms with van der Waals surface area (Å²) >= 11 is 0. The summed E-state index contributed by atoms with van der Waals surface area (Å²) in [6, 6.07) is 5.89. The smallest absolute Gasteiger partial charge is 0.341 e. The number of nitrogens with two attached hydrogens (primary N) is 1. The lowest BCUT2D eigenvalue weighted by Gasteiger charge is -2.21. The Labute approximate surface area is 111 Å². The van der Waals surface area contributed by atoms with Crippen molar-refractivity contribution in [2.45, 2.75) is 17.1 Å². The normalized spacial score (nSPS) is 20.2. The van der Waals surface area contributed by atoms with Crippen molar-refractivity contribution in [2.75, 3.05) is 24.5 Å². The maximum absolute atomic E-state index is 12.7. The zero-order valence-corrected chi connectivity index (χ0v) is 11.1. The number of benzene rings is 1. The zero-order valence-electron chi connectivity index (χ0n) is 10.3. The second-order valence-corrected chi connectivity index (χ2v) is 6.50. The summed E-state index contributed by atoms with van der Waals surface area (Å²) in [4.78, 5) is 1.51. The summed E-state index contributed by atoms with van der Waals surface area (Å²) < 4.78 is 48.7. The molecular weight excluding hydrogens is 274 g/mol. The number of halogens is 2. The van der Waals surface area contributed by atoms with Crippen LogP contribution >= 0.6 is 0 Å². The molecule has 1 aromatic carbocycles. The van der Waals surface area contributed by atoms with Crippen LogP contribution in [0.5, 0.6) is 0 Å². The van der Waals surface area contributed by atoms with Crippen LogP contribution in [0, 0.1) is 5.92 Å². The molecule has 0 saturated carbocycles. The number of rotatable bonds is 4. The van der Waals surface area contributed by atoms with Gasteiger partial charge in [0, 0.05) is 13.1 Å². The molecule has 0 amide bonds. The van der Waals surface area contributed by atoms with Crippen molar-refractivity contribution in [3.63, 3.8) is 0 Å². The molecule has 1 fully saturated rings. The molecule has 1 atom stereocenters. The number of anilines is 1. The highest BCUT2D eigenvalue weighted by Gasteiger charge is 2.32. The Morgan fingerprint density at radius 3 is 2.63 bits per heavy atom. The van der Waals surface area contributed by atoms with E-state index in [2.05, 4.69) is 0 Å². The van der Waals surface area contributed by atoms with Gasteiger partial charge in [-0.2, -0.15) is 8.78 Å². The molecule has 19 heavy (non-hydrogen) atoms. The van der Waals surface area contributed by atoms with Gasteiger partial charge in [0.2, 0.25) is 9.84 Å². The van der Waals surface area contributed by atoms with E-state index in [1.165, 1.54) is 12.1 Å². The second kappa shape index (κ2) is 5.42. The van der Waals surface area contributed by atoms with E-state index < -0.39 is 15.6 Å². The van der Waals surface area contributed by atoms with E-state index in [-0.39, 0.29) is 10.8 Å². The van der Waals surface area contributed by atoms with Crippen molar-refractivity contribution in [1.82, 2.24) is 0 Å². The standard InChI is InChI=1S/C12H16F2N2O2S/c13-12(14)19(17,18)11-4-2-1-3-10(11)16-6-5-9(7-15)8-16/h1-4,9,12H,5-8,15H2. The zero-order chi connectivity index (χ0) is 14.0. The van der Waals surface area contributed by atoms with Crippen LogP contribution in [0.15, 0.2) is 29.2 Å². The quantitative estimate of drug-likeness (QED) is 0.912. The van der Waals surface area contributed by atoms with Crippen LogP contribution in [0.4, 0.5) is 14.5 Å². The number of alkyl halides is 2. The fourth-order valence-corrected chi connectivity index (χ4v) is 3.25. The average Bonchev–Trinajstić information content (AvgIpc) is 2.87. The Bertz CT molecular complexity index is 548. The highest BCUT2D eigenvalue weighted by Crippen LogP contribution is 2.32. The number of sulfone groups is 1. The molecule has 0 aromatic heterocycles. The first-order valence-corrected chi connectivity index (χ1v) is 7.57. The third kappa shape index (κ3) is 2.71. The predicted octanol–water partition coefficient (Wildman–Crippen LogP) is 1.47. The van der Waals surface area contributed by atoms with Crippen molar-refractivity contribution in [3.8, 4) is 0 Å². The Balaban J connectivity index is 2.38. The molecule has 0 aliphatic carbocycles. The topological polar surface area (TPSA) is 63.4 Å². The summed E-state index contributed by atoms with van der Waals surface area (Å²) in [6.07, 6.45) is 0.847. The molecule has 1 aliphatic heterocycles. The summed E-state index contributed by atoms with van der Waals surface area (Å²) in [5, 5.41) is 0. The van der Waals surface area contributed by atoms with Gasteiger partial charge < -0.3 is 10.6 Å². The van der Waals surface area contributed by atoms with E-state index in [9.17, 15) is 17.2 Å². The lowest BCUT2D eigenvalue weighted by atomic mass is 10.1. The Kier molecular flexibility index (Phi) is 4.05. The fraction of sp³-hybridized carbons (Fsp3) is 0.500. The first kappa shape index (κ1) is 14.2. The molecule has 106 valence electrons. The van der Waals surface area contributed by atoms with E-state index in [4.69, 9.17) is 5.73 Å². The van der Waals surface area contributed by atoms with Crippen molar-refractivity contribution < 1.29 is 17.2 Å². The molecule has 1 aromatic rings. The highest BCUT2D eigenvalue weighted by atomic mass is 32.2.